The van der Waals surface area contributed by atoms with Crippen molar-refractivity contribution in [1.82, 2.24) is 20.5 Å². The zero-order valence-electron chi connectivity index (χ0n) is 28.1. The predicted octanol–water partition coefficient (Wildman–Crippen LogP) is 5.06. The van der Waals surface area contributed by atoms with E-state index in [4.69, 9.17) is 11.5 Å². The lowest BCUT2D eigenvalue weighted by atomic mass is 9.90. The molecule has 260 valence electrons. The van der Waals surface area contributed by atoms with Gasteiger partial charge < -0.3 is 32.0 Å². The Kier molecular flexibility index (Phi) is 13.0. The number of carbonyl (C=O) groups excluding carboxylic acids is 3. The summed E-state index contributed by atoms with van der Waals surface area (Å²) in [6, 6.07) is 19.0. The fourth-order valence-electron chi connectivity index (χ4n) is 6.49. The molecule has 0 fully saturated rings. The minimum absolute atomic E-state index is 0.0322. The molecule has 2 heterocycles. The van der Waals surface area contributed by atoms with E-state index < -0.39 is 23.8 Å². The number of amides is 2. The van der Waals surface area contributed by atoms with Crippen LogP contribution in [0, 0.1) is 11.7 Å². The number of nitrogens with zero attached hydrogens (tertiary/aromatic N) is 1. The van der Waals surface area contributed by atoms with Crippen LogP contribution >= 0.6 is 11.8 Å². The molecule has 2 amide bonds. The second kappa shape index (κ2) is 17.6. The number of carbonyl (C=O) groups is 3. The first-order valence-corrected chi connectivity index (χ1v) is 17.9. The molecule has 5 rings (SSSR count). The van der Waals surface area contributed by atoms with Crippen LogP contribution in [-0.4, -0.2) is 59.7 Å². The van der Waals surface area contributed by atoms with E-state index in [-0.39, 0.29) is 37.0 Å². The number of fused-ring (bicyclic) bond motifs is 3. The topological polar surface area (TPSA) is 146 Å². The number of hydrogen-bond acceptors (Lipinski definition) is 7. The van der Waals surface area contributed by atoms with E-state index in [0.717, 1.165) is 33.3 Å². The highest BCUT2D eigenvalue weighted by Gasteiger charge is 2.34. The number of unbranched alkanes of at least 4 members (excludes halogenated alkanes) is 1. The van der Waals surface area contributed by atoms with E-state index in [2.05, 4.69) is 15.6 Å². The molecule has 0 spiro atoms. The van der Waals surface area contributed by atoms with E-state index in [0.29, 0.717) is 55.8 Å². The first-order valence-electron chi connectivity index (χ1n) is 17.1. The Balaban J connectivity index is 1.55. The van der Waals surface area contributed by atoms with Crippen LogP contribution in [0.3, 0.4) is 0 Å². The summed E-state index contributed by atoms with van der Waals surface area (Å²) in [6.45, 7) is 1.37. The minimum atomic E-state index is -0.883. The van der Waals surface area contributed by atoms with Crippen LogP contribution in [0.15, 0.2) is 82.7 Å². The number of Topliss-reactive ketones (excluding diaryl/α,β-unsaturated/α-hetero) is 1. The van der Waals surface area contributed by atoms with Crippen LogP contribution in [0.4, 0.5) is 4.39 Å². The van der Waals surface area contributed by atoms with E-state index in [1.54, 1.807) is 19.2 Å². The molecule has 0 bridgehead atoms. The molecule has 3 atom stereocenters. The first kappa shape index (κ1) is 36.3. The third-order valence-corrected chi connectivity index (χ3v) is 10.6. The lowest BCUT2D eigenvalue weighted by Gasteiger charge is -2.31. The molecule has 1 aromatic heterocycles. The van der Waals surface area contributed by atoms with Crippen LogP contribution in [0.2, 0.25) is 0 Å². The van der Waals surface area contributed by atoms with Crippen molar-refractivity contribution in [2.45, 2.75) is 79.9 Å². The number of rotatable bonds is 9. The summed E-state index contributed by atoms with van der Waals surface area (Å²) in [6.07, 6.45) is 5.19. The number of nitrogens with two attached hydrogens (primary N) is 2. The maximum Gasteiger partial charge on any atom is 0.243 e. The summed E-state index contributed by atoms with van der Waals surface area (Å²) in [4.78, 5) is 48.5. The lowest BCUT2D eigenvalue weighted by molar-refractivity contribution is -0.143. The number of para-hydroxylation sites is 1. The van der Waals surface area contributed by atoms with Gasteiger partial charge in [0.1, 0.15) is 11.9 Å². The van der Waals surface area contributed by atoms with Gasteiger partial charge >= 0.3 is 0 Å². The largest absolute Gasteiger partial charge is 0.361 e. The molecule has 0 unspecified atom stereocenters. The molecule has 0 saturated carbocycles. The number of halogens is 1. The standard InChI is InChI=1S/C38H47FN6O3S/c1-45-33(20-28-24-42-31-15-4-3-13-29(28)31)37(47)44-23-27-12-8-14-30(39)36(27)49-35-17-5-2-11-26(35)22-43-32(16-9-19-41)34(46)21-25(38(45)48)10-6-7-18-40/h2-5,8,11-15,17,24-25,32-33,42-43H,6-7,9-10,16,18-23,40-41H2,1H3,(H,44,47)/t25-,32+,33+/m1/s1. The molecule has 0 aliphatic carbocycles. The molecule has 11 heteroatoms. The average Bonchev–Trinajstić information content (AvgIpc) is 3.52. The Hall–Kier alpha value is -4.03. The second-order valence-corrected chi connectivity index (χ2v) is 13.8. The van der Waals surface area contributed by atoms with Crippen LogP contribution < -0.4 is 22.1 Å². The van der Waals surface area contributed by atoms with Crippen molar-refractivity contribution in [3.8, 4) is 0 Å². The first-order chi connectivity index (χ1) is 23.8. The smallest absolute Gasteiger partial charge is 0.243 e. The van der Waals surface area contributed by atoms with Gasteiger partial charge in [-0.05, 0) is 73.7 Å². The Morgan fingerprint density at radius 2 is 1.63 bits per heavy atom. The number of likely N-dealkylation sites (N-methyl/N-ethyl adjacent to an activating group) is 1. The number of benzene rings is 3. The van der Waals surface area contributed by atoms with Gasteiger partial charge in [0.05, 0.1) is 10.9 Å². The highest BCUT2D eigenvalue weighted by molar-refractivity contribution is 7.99. The van der Waals surface area contributed by atoms with Gasteiger partial charge in [-0.1, -0.05) is 66.7 Å². The van der Waals surface area contributed by atoms with Crippen molar-refractivity contribution in [1.29, 1.82) is 0 Å². The van der Waals surface area contributed by atoms with Crippen LogP contribution in [0.1, 0.15) is 55.2 Å². The number of hydrogen-bond donors (Lipinski definition) is 5. The predicted molar refractivity (Wildman–Crippen MR) is 192 cm³/mol. The van der Waals surface area contributed by atoms with Crippen molar-refractivity contribution >= 4 is 40.3 Å². The van der Waals surface area contributed by atoms with Crippen LogP contribution in [0.5, 0.6) is 0 Å². The van der Waals surface area contributed by atoms with Crippen molar-refractivity contribution in [3.63, 3.8) is 0 Å². The van der Waals surface area contributed by atoms with Gasteiger partial charge in [0.2, 0.25) is 11.8 Å². The SMILES string of the molecule is CN1C(=O)[C@H](CCCCN)CC(=O)[C@H](CCCN)NCc2ccccc2Sc2c(F)cccc2CNC(=O)[C@@H]1Cc1c[nH]c2ccccc12. The van der Waals surface area contributed by atoms with Crippen LogP contribution in [-0.2, 0) is 33.9 Å². The summed E-state index contributed by atoms with van der Waals surface area (Å²) < 4.78 is 15.5. The number of ketones is 1. The molecule has 4 aromatic rings. The summed E-state index contributed by atoms with van der Waals surface area (Å²) in [5, 5.41) is 7.43. The Bertz CT molecular complexity index is 1750. The fraction of sp³-hybridized carbons (Fsp3) is 0.395. The highest BCUT2D eigenvalue weighted by Crippen LogP contribution is 2.35. The number of H-pyrrole nitrogens is 1. The third kappa shape index (κ3) is 9.16. The Morgan fingerprint density at radius 3 is 2.45 bits per heavy atom. The van der Waals surface area contributed by atoms with Gasteiger partial charge in [0.15, 0.2) is 5.78 Å². The van der Waals surface area contributed by atoms with Gasteiger partial charge in [0.25, 0.3) is 0 Å². The molecule has 9 nitrogen and oxygen atoms in total. The summed E-state index contributed by atoms with van der Waals surface area (Å²) >= 11 is 1.30. The van der Waals surface area contributed by atoms with E-state index >= 15 is 4.39 Å². The number of aromatic nitrogens is 1. The van der Waals surface area contributed by atoms with Gasteiger partial charge in [-0.2, -0.15) is 0 Å². The number of aromatic amines is 1. The zero-order chi connectivity index (χ0) is 34.8. The molecule has 0 radical (unpaired) electrons. The summed E-state index contributed by atoms with van der Waals surface area (Å²) in [7, 11) is 1.64. The average molecular weight is 687 g/mol. The molecule has 0 saturated heterocycles. The maximum atomic E-state index is 15.5. The third-order valence-electron chi connectivity index (χ3n) is 9.32. The maximum absolute atomic E-state index is 15.5. The number of nitrogens with one attached hydrogen (secondary N) is 3. The Morgan fingerprint density at radius 1 is 0.878 bits per heavy atom. The minimum Gasteiger partial charge on any atom is -0.361 e. The molecule has 1 aliphatic heterocycles. The molecule has 7 N–H and O–H groups in total. The summed E-state index contributed by atoms with van der Waals surface area (Å²) in [5.74, 6) is -1.72. The zero-order valence-corrected chi connectivity index (χ0v) is 28.9. The van der Waals surface area contributed by atoms with Crippen molar-refractivity contribution in [2.75, 3.05) is 20.1 Å². The normalized spacial score (nSPS) is 19.7. The van der Waals surface area contributed by atoms with Gasteiger partial charge in [-0.3, -0.25) is 14.4 Å². The van der Waals surface area contributed by atoms with Crippen LogP contribution in [0.25, 0.3) is 10.9 Å². The second-order valence-electron chi connectivity index (χ2n) is 12.7. The molecule has 49 heavy (non-hydrogen) atoms. The summed E-state index contributed by atoms with van der Waals surface area (Å²) in [5.41, 5.74) is 15.0. The Labute approximate surface area is 291 Å². The van der Waals surface area contributed by atoms with Gasteiger partial charge in [-0.15, -0.1) is 0 Å². The van der Waals surface area contributed by atoms with Crippen molar-refractivity contribution in [2.24, 2.45) is 17.4 Å². The van der Waals surface area contributed by atoms with E-state index in [1.807, 2.05) is 54.7 Å². The lowest BCUT2D eigenvalue weighted by Crippen LogP contribution is -2.51. The van der Waals surface area contributed by atoms with Gasteiger partial charge in [-0.25, -0.2) is 4.39 Å². The highest BCUT2D eigenvalue weighted by atomic mass is 32.2. The van der Waals surface area contributed by atoms with Crippen molar-refractivity contribution < 1.29 is 18.8 Å². The molecule has 1 aliphatic rings. The monoisotopic (exact) mass is 686 g/mol. The molecule has 3 aromatic carbocycles. The van der Waals surface area contributed by atoms with E-state index in [9.17, 15) is 14.4 Å². The van der Waals surface area contributed by atoms with Gasteiger partial charge in [0, 0.05) is 60.9 Å². The van der Waals surface area contributed by atoms with E-state index in [1.165, 1.54) is 22.7 Å². The quantitative estimate of drug-likeness (QED) is 0.155. The van der Waals surface area contributed by atoms with Crippen molar-refractivity contribution in [3.05, 3.63) is 95.4 Å². The molecular weight excluding hydrogens is 640 g/mol. The fourth-order valence-corrected chi connectivity index (χ4v) is 7.56. The molecular formula is C38H47FN6O3S.